The monoisotopic (exact) mass is 377 g/mol. The molecule has 0 heterocycles. The number of nitrogens with one attached hydrogen (secondary N) is 1. The minimum atomic E-state index is -1.18. The Balaban J connectivity index is 2.51. The van der Waals surface area contributed by atoms with Crippen LogP contribution in [-0.4, -0.2) is 7.05 Å². The van der Waals surface area contributed by atoms with Gasteiger partial charge in [-0.25, -0.2) is 13.2 Å². The molecule has 100 valence electrons. The largest absolute Gasteiger partial charge is 0.309 e. The second kappa shape index (κ2) is 5.92. The molecular formula is C14H11F3IN. The van der Waals surface area contributed by atoms with E-state index in [0.29, 0.717) is 6.07 Å². The molecule has 1 nitrogen and oxygen atoms in total. The van der Waals surface area contributed by atoms with E-state index in [2.05, 4.69) is 27.9 Å². The molecule has 2 aromatic rings. The molecule has 0 spiro atoms. The first-order chi connectivity index (χ1) is 9.02. The second-order valence-electron chi connectivity index (χ2n) is 4.06. The minimum Gasteiger partial charge on any atom is -0.309 e. The van der Waals surface area contributed by atoms with Crippen molar-refractivity contribution < 1.29 is 13.2 Å². The van der Waals surface area contributed by atoms with Gasteiger partial charge in [0.15, 0.2) is 11.6 Å². The van der Waals surface area contributed by atoms with Crippen LogP contribution in [0.3, 0.4) is 0 Å². The molecule has 19 heavy (non-hydrogen) atoms. The fraction of sp³-hybridized carbons (Fsp3) is 0.143. The Morgan fingerprint density at radius 1 is 1.00 bits per heavy atom. The van der Waals surface area contributed by atoms with E-state index in [9.17, 15) is 13.2 Å². The van der Waals surface area contributed by atoms with Crippen molar-refractivity contribution in [2.75, 3.05) is 7.05 Å². The van der Waals surface area contributed by atoms with Gasteiger partial charge in [0.2, 0.25) is 0 Å². The zero-order chi connectivity index (χ0) is 14.0. The molecular weight excluding hydrogens is 366 g/mol. The van der Waals surface area contributed by atoms with E-state index in [0.717, 1.165) is 15.2 Å². The smallest absolute Gasteiger partial charge is 0.161 e. The van der Waals surface area contributed by atoms with Gasteiger partial charge in [-0.05, 0) is 53.4 Å². The Morgan fingerprint density at radius 2 is 1.68 bits per heavy atom. The molecule has 5 heteroatoms. The summed E-state index contributed by atoms with van der Waals surface area (Å²) in [6.45, 7) is 0. The van der Waals surface area contributed by atoms with Crippen molar-refractivity contribution in [2.24, 2.45) is 0 Å². The average Bonchev–Trinajstić information content (AvgIpc) is 2.36. The van der Waals surface area contributed by atoms with Gasteiger partial charge in [0, 0.05) is 15.2 Å². The summed E-state index contributed by atoms with van der Waals surface area (Å²) in [7, 11) is 1.64. The van der Waals surface area contributed by atoms with Gasteiger partial charge in [-0.3, -0.25) is 0 Å². The molecule has 2 rings (SSSR count). The maximum absolute atomic E-state index is 13.8. The van der Waals surface area contributed by atoms with Gasteiger partial charge in [0.1, 0.15) is 5.82 Å². The van der Waals surface area contributed by atoms with Crippen LogP contribution in [0.5, 0.6) is 0 Å². The zero-order valence-corrected chi connectivity index (χ0v) is 12.2. The highest BCUT2D eigenvalue weighted by atomic mass is 127. The molecule has 0 aromatic heterocycles. The van der Waals surface area contributed by atoms with Crippen molar-refractivity contribution in [3.63, 3.8) is 0 Å². The third-order valence-electron chi connectivity index (χ3n) is 2.82. The number of hydrogen-bond donors (Lipinski definition) is 1. The van der Waals surface area contributed by atoms with Crippen molar-refractivity contribution in [2.45, 2.75) is 6.04 Å². The average molecular weight is 377 g/mol. The van der Waals surface area contributed by atoms with Gasteiger partial charge in [0.25, 0.3) is 0 Å². The van der Waals surface area contributed by atoms with Crippen LogP contribution in [0.25, 0.3) is 0 Å². The third-order valence-corrected chi connectivity index (χ3v) is 3.49. The summed E-state index contributed by atoms with van der Waals surface area (Å²) in [5, 5.41) is 2.92. The van der Waals surface area contributed by atoms with Crippen LogP contribution in [0.4, 0.5) is 13.2 Å². The molecule has 0 aliphatic heterocycles. The van der Waals surface area contributed by atoms with Crippen molar-refractivity contribution in [1.82, 2.24) is 5.32 Å². The Morgan fingerprint density at radius 3 is 2.32 bits per heavy atom. The summed E-state index contributed by atoms with van der Waals surface area (Å²) in [5.74, 6) is -3.00. The van der Waals surface area contributed by atoms with Crippen LogP contribution < -0.4 is 5.32 Å². The lowest BCUT2D eigenvalue weighted by Crippen LogP contribution is -2.19. The first kappa shape index (κ1) is 14.3. The van der Waals surface area contributed by atoms with Gasteiger partial charge in [0.05, 0.1) is 6.04 Å². The minimum absolute atomic E-state index is 0.0865. The van der Waals surface area contributed by atoms with Crippen LogP contribution in [0.2, 0.25) is 0 Å². The molecule has 0 amide bonds. The molecule has 1 unspecified atom stereocenters. The molecule has 0 aliphatic carbocycles. The summed E-state index contributed by atoms with van der Waals surface area (Å²) in [6.07, 6.45) is 0. The summed E-state index contributed by atoms with van der Waals surface area (Å²) < 4.78 is 41.0. The zero-order valence-electron chi connectivity index (χ0n) is 10.1. The standard InChI is InChI=1S/C14H11F3IN/c1-19-14(8-3-2-4-9(18)5-8)10-6-12(16)13(17)7-11(10)15/h2-7,14,19H,1H3. The molecule has 0 radical (unpaired) electrons. The van der Waals surface area contributed by atoms with Gasteiger partial charge in [-0.15, -0.1) is 0 Å². The van der Waals surface area contributed by atoms with Crippen molar-refractivity contribution in [3.8, 4) is 0 Å². The number of benzene rings is 2. The van der Waals surface area contributed by atoms with Crippen LogP contribution >= 0.6 is 22.6 Å². The third kappa shape index (κ3) is 3.09. The summed E-state index contributed by atoms with van der Waals surface area (Å²) in [4.78, 5) is 0. The van der Waals surface area contributed by atoms with Crippen LogP contribution in [-0.2, 0) is 0 Å². The highest BCUT2D eigenvalue weighted by molar-refractivity contribution is 14.1. The predicted octanol–water partition coefficient (Wildman–Crippen LogP) is 4.02. The second-order valence-corrected chi connectivity index (χ2v) is 5.31. The molecule has 2 aromatic carbocycles. The lowest BCUT2D eigenvalue weighted by atomic mass is 9.98. The molecule has 0 saturated carbocycles. The molecule has 0 fully saturated rings. The van der Waals surface area contributed by atoms with E-state index in [1.807, 2.05) is 24.3 Å². The Bertz CT molecular complexity index is 601. The van der Waals surface area contributed by atoms with Gasteiger partial charge in [-0.2, -0.15) is 0 Å². The molecule has 1 N–H and O–H groups in total. The summed E-state index contributed by atoms with van der Waals surface area (Å²) in [6, 6.07) is 8.35. The van der Waals surface area contributed by atoms with E-state index in [1.54, 1.807) is 7.05 Å². The highest BCUT2D eigenvalue weighted by Crippen LogP contribution is 2.26. The van der Waals surface area contributed by atoms with Gasteiger partial charge < -0.3 is 5.32 Å². The quantitative estimate of drug-likeness (QED) is 0.630. The van der Waals surface area contributed by atoms with Crippen LogP contribution in [0.1, 0.15) is 17.2 Å². The molecule has 0 aliphatic rings. The van der Waals surface area contributed by atoms with E-state index in [1.165, 1.54) is 0 Å². The summed E-state index contributed by atoms with van der Waals surface area (Å²) >= 11 is 2.14. The Hall–Kier alpha value is -1.08. The van der Waals surface area contributed by atoms with Crippen molar-refractivity contribution in [1.29, 1.82) is 0 Å². The first-order valence-electron chi connectivity index (χ1n) is 5.60. The predicted molar refractivity (Wildman–Crippen MR) is 76.4 cm³/mol. The van der Waals surface area contributed by atoms with Gasteiger partial charge in [-0.1, -0.05) is 12.1 Å². The van der Waals surface area contributed by atoms with Crippen LogP contribution in [0.15, 0.2) is 36.4 Å². The fourth-order valence-electron chi connectivity index (χ4n) is 1.95. The lowest BCUT2D eigenvalue weighted by molar-refractivity contribution is 0.483. The molecule has 0 saturated heterocycles. The summed E-state index contributed by atoms with van der Waals surface area (Å²) in [5.41, 5.74) is 0.878. The molecule has 0 bridgehead atoms. The maximum Gasteiger partial charge on any atom is 0.161 e. The van der Waals surface area contributed by atoms with Crippen molar-refractivity contribution >= 4 is 22.6 Å². The van der Waals surface area contributed by atoms with Gasteiger partial charge >= 0.3 is 0 Å². The van der Waals surface area contributed by atoms with Crippen LogP contribution in [0, 0.1) is 21.0 Å². The van der Waals surface area contributed by atoms with Crippen molar-refractivity contribution in [3.05, 3.63) is 68.5 Å². The topological polar surface area (TPSA) is 12.0 Å². The first-order valence-corrected chi connectivity index (χ1v) is 6.68. The Labute approximate surface area is 123 Å². The lowest BCUT2D eigenvalue weighted by Gasteiger charge is -2.18. The number of rotatable bonds is 3. The Kier molecular flexibility index (Phi) is 4.46. The van der Waals surface area contributed by atoms with E-state index < -0.39 is 23.5 Å². The van der Waals surface area contributed by atoms with E-state index in [4.69, 9.17) is 0 Å². The fourth-order valence-corrected chi connectivity index (χ4v) is 2.51. The maximum atomic E-state index is 13.8. The van der Waals surface area contributed by atoms with E-state index in [-0.39, 0.29) is 5.56 Å². The normalized spacial score (nSPS) is 12.5. The number of halogens is 4. The highest BCUT2D eigenvalue weighted by Gasteiger charge is 2.19. The number of hydrogen-bond acceptors (Lipinski definition) is 1. The SMILES string of the molecule is CNC(c1cccc(I)c1)c1cc(F)c(F)cc1F. The van der Waals surface area contributed by atoms with E-state index >= 15 is 0 Å². The molecule has 1 atom stereocenters.